The minimum absolute atomic E-state index is 0.146. The van der Waals surface area contributed by atoms with E-state index in [-0.39, 0.29) is 6.10 Å². The first-order chi connectivity index (χ1) is 6.79. The highest BCUT2D eigenvalue weighted by molar-refractivity contribution is 5.73. The molecule has 1 aliphatic rings. The van der Waals surface area contributed by atoms with Crippen molar-refractivity contribution in [2.45, 2.75) is 37.8 Å². The average Bonchev–Trinajstić information content (AvgIpc) is 2.67. The molecule has 1 heterocycles. The van der Waals surface area contributed by atoms with Crippen LogP contribution in [0.4, 0.5) is 0 Å². The zero-order chi connectivity index (χ0) is 9.97. The molecule has 1 aromatic heterocycles. The summed E-state index contributed by atoms with van der Waals surface area (Å²) in [7, 11) is 0. The Morgan fingerprint density at radius 2 is 2.14 bits per heavy atom. The highest BCUT2D eigenvalue weighted by Crippen LogP contribution is 2.27. The van der Waals surface area contributed by atoms with E-state index in [2.05, 4.69) is 5.10 Å². The fourth-order valence-electron chi connectivity index (χ4n) is 1.94. The maximum absolute atomic E-state index is 10.5. The van der Waals surface area contributed by atoms with Crippen LogP contribution in [0.2, 0.25) is 0 Å². The Bertz CT molecular complexity index is 314. The van der Waals surface area contributed by atoms with E-state index in [9.17, 15) is 9.90 Å². The highest BCUT2D eigenvalue weighted by atomic mass is 16.3. The molecule has 0 atom stereocenters. The number of aromatic nitrogens is 2. The van der Waals surface area contributed by atoms with Crippen LogP contribution in [0.1, 0.15) is 42.1 Å². The van der Waals surface area contributed by atoms with E-state index in [1.54, 1.807) is 12.4 Å². The van der Waals surface area contributed by atoms with E-state index in [0.29, 0.717) is 11.6 Å². The lowest BCUT2D eigenvalue weighted by atomic mass is 9.93. The molecule has 0 aliphatic heterocycles. The maximum atomic E-state index is 10.5. The summed E-state index contributed by atoms with van der Waals surface area (Å²) < 4.78 is 1.84. The van der Waals surface area contributed by atoms with Gasteiger partial charge >= 0.3 is 0 Å². The molecule has 0 bridgehead atoms. The second kappa shape index (κ2) is 3.92. The van der Waals surface area contributed by atoms with Crippen molar-refractivity contribution >= 4 is 6.29 Å². The molecule has 76 valence electrons. The zero-order valence-corrected chi connectivity index (χ0v) is 7.97. The van der Waals surface area contributed by atoms with Gasteiger partial charge < -0.3 is 5.11 Å². The topological polar surface area (TPSA) is 55.1 Å². The first-order valence-electron chi connectivity index (χ1n) is 4.97. The van der Waals surface area contributed by atoms with Gasteiger partial charge in [0.25, 0.3) is 0 Å². The SMILES string of the molecule is O=Cc1cnn(C2CCC(O)CC2)c1. The van der Waals surface area contributed by atoms with Crippen molar-refractivity contribution in [3.63, 3.8) is 0 Å². The number of carbonyl (C=O) groups excluding carboxylic acids is 1. The van der Waals surface area contributed by atoms with Crippen molar-refractivity contribution in [3.05, 3.63) is 18.0 Å². The summed E-state index contributed by atoms with van der Waals surface area (Å²) >= 11 is 0. The molecule has 1 N–H and O–H groups in total. The molecule has 1 aromatic rings. The van der Waals surface area contributed by atoms with Gasteiger partial charge in [-0.3, -0.25) is 9.48 Å². The van der Waals surface area contributed by atoms with Gasteiger partial charge in [0.1, 0.15) is 0 Å². The minimum atomic E-state index is -0.146. The Morgan fingerprint density at radius 1 is 1.43 bits per heavy atom. The van der Waals surface area contributed by atoms with Gasteiger partial charge in [-0.25, -0.2) is 0 Å². The van der Waals surface area contributed by atoms with Gasteiger partial charge in [0.05, 0.1) is 23.9 Å². The molecule has 0 aromatic carbocycles. The van der Waals surface area contributed by atoms with Crippen LogP contribution in [0, 0.1) is 0 Å². The van der Waals surface area contributed by atoms with E-state index in [0.717, 1.165) is 32.0 Å². The Balaban J connectivity index is 2.04. The predicted octanol–water partition coefficient (Wildman–Crippen LogP) is 1.17. The van der Waals surface area contributed by atoms with Crippen LogP contribution >= 0.6 is 0 Å². The lowest BCUT2D eigenvalue weighted by Gasteiger charge is -2.25. The third-order valence-electron chi connectivity index (χ3n) is 2.80. The van der Waals surface area contributed by atoms with Crippen LogP contribution in [-0.2, 0) is 0 Å². The summed E-state index contributed by atoms with van der Waals surface area (Å²) in [5.41, 5.74) is 0.621. The molecule has 0 unspecified atom stereocenters. The Kier molecular flexibility index (Phi) is 2.63. The molecular formula is C10H14N2O2. The largest absolute Gasteiger partial charge is 0.393 e. The van der Waals surface area contributed by atoms with Crippen LogP contribution in [-0.4, -0.2) is 27.3 Å². The van der Waals surface area contributed by atoms with E-state index in [1.165, 1.54) is 0 Å². The highest BCUT2D eigenvalue weighted by Gasteiger charge is 2.20. The third kappa shape index (κ3) is 1.85. The quantitative estimate of drug-likeness (QED) is 0.719. The molecule has 2 rings (SSSR count). The number of aliphatic hydroxyl groups is 1. The summed E-state index contributed by atoms with van der Waals surface area (Å²) in [4.78, 5) is 10.5. The van der Waals surface area contributed by atoms with Crippen LogP contribution in [0.25, 0.3) is 0 Å². The number of nitrogens with zero attached hydrogens (tertiary/aromatic N) is 2. The molecule has 0 radical (unpaired) electrons. The van der Waals surface area contributed by atoms with Gasteiger partial charge in [-0.15, -0.1) is 0 Å². The molecular weight excluding hydrogens is 180 g/mol. The molecule has 14 heavy (non-hydrogen) atoms. The first kappa shape index (κ1) is 9.40. The molecule has 0 saturated heterocycles. The van der Waals surface area contributed by atoms with E-state index in [1.807, 2.05) is 4.68 Å². The molecule has 4 nitrogen and oxygen atoms in total. The fraction of sp³-hybridized carbons (Fsp3) is 0.600. The molecule has 4 heteroatoms. The Labute approximate surface area is 82.5 Å². The maximum Gasteiger partial charge on any atom is 0.153 e. The van der Waals surface area contributed by atoms with Gasteiger partial charge in [0.2, 0.25) is 0 Å². The lowest BCUT2D eigenvalue weighted by Crippen LogP contribution is -2.21. The number of hydrogen-bond acceptors (Lipinski definition) is 3. The lowest BCUT2D eigenvalue weighted by molar-refractivity contribution is 0.107. The summed E-state index contributed by atoms with van der Waals surface area (Å²) in [6.45, 7) is 0. The summed E-state index contributed by atoms with van der Waals surface area (Å²) in [6, 6.07) is 0.354. The normalized spacial score (nSPS) is 27.5. The Hall–Kier alpha value is -1.16. The van der Waals surface area contributed by atoms with Crippen molar-refractivity contribution in [2.24, 2.45) is 0 Å². The number of hydrogen-bond donors (Lipinski definition) is 1. The molecule has 0 amide bonds. The standard InChI is InChI=1S/C10H14N2O2/c13-7-8-5-11-12(6-8)9-1-3-10(14)4-2-9/h5-7,9-10,14H,1-4H2. The van der Waals surface area contributed by atoms with Crippen molar-refractivity contribution in [2.75, 3.05) is 0 Å². The van der Waals surface area contributed by atoms with Crippen LogP contribution < -0.4 is 0 Å². The van der Waals surface area contributed by atoms with Gasteiger partial charge in [0, 0.05) is 6.20 Å². The summed E-state index contributed by atoms with van der Waals surface area (Å²) in [5.74, 6) is 0. The number of rotatable bonds is 2. The first-order valence-corrected chi connectivity index (χ1v) is 4.97. The van der Waals surface area contributed by atoms with Crippen molar-refractivity contribution in [3.8, 4) is 0 Å². The third-order valence-corrected chi connectivity index (χ3v) is 2.80. The molecule has 1 saturated carbocycles. The van der Waals surface area contributed by atoms with Crippen molar-refractivity contribution in [1.82, 2.24) is 9.78 Å². The zero-order valence-electron chi connectivity index (χ0n) is 7.97. The van der Waals surface area contributed by atoms with E-state index >= 15 is 0 Å². The van der Waals surface area contributed by atoms with E-state index < -0.39 is 0 Å². The average molecular weight is 194 g/mol. The van der Waals surface area contributed by atoms with E-state index in [4.69, 9.17) is 0 Å². The molecule has 1 aliphatic carbocycles. The van der Waals surface area contributed by atoms with Gasteiger partial charge in [-0.2, -0.15) is 5.10 Å². The fourth-order valence-corrected chi connectivity index (χ4v) is 1.94. The van der Waals surface area contributed by atoms with Crippen molar-refractivity contribution in [1.29, 1.82) is 0 Å². The summed E-state index contributed by atoms with van der Waals surface area (Å²) in [5, 5.41) is 13.5. The minimum Gasteiger partial charge on any atom is -0.393 e. The predicted molar refractivity (Wildman–Crippen MR) is 51.1 cm³/mol. The van der Waals surface area contributed by atoms with Crippen LogP contribution in [0.5, 0.6) is 0 Å². The number of aliphatic hydroxyl groups excluding tert-OH is 1. The van der Waals surface area contributed by atoms with Gasteiger partial charge in [-0.1, -0.05) is 0 Å². The number of carbonyl (C=O) groups is 1. The summed E-state index contributed by atoms with van der Waals surface area (Å²) in [6.07, 6.45) is 7.58. The van der Waals surface area contributed by atoms with Gasteiger partial charge in [-0.05, 0) is 25.7 Å². The molecule has 1 fully saturated rings. The monoisotopic (exact) mass is 194 g/mol. The Morgan fingerprint density at radius 3 is 2.71 bits per heavy atom. The number of aldehydes is 1. The van der Waals surface area contributed by atoms with Crippen molar-refractivity contribution < 1.29 is 9.90 Å². The van der Waals surface area contributed by atoms with Crippen LogP contribution in [0.3, 0.4) is 0 Å². The second-order valence-corrected chi connectivity index (χ2v) is 3.83. The van der Waals surface area contributed by atoms with Crippen LogP contribution in [0.15, 0.2) is 12.4 Å². The smallest absolute Gasteiger partial charge is 0.153 e. The molecule has 0 spiro atoms. The second-order valence-electron chi connectivity index (χ2n) is 3.83. The van der Waals surface area contributed by atoms with Gasteiger partial charge in [0.15, 0.2) is 6.29 Å².